The van der Waals surface area contributed by atoms with Gasteiger partial charge in [0.25, 0.3) is 0 Å². The molecule has 0 aliphatic carbocycles. The van der Waals surface area contributed by atoms with Crippen LogP contribution in [0.1, 0.15) is 4.28 Å². The summed E-state index contributed by atoms with van der Waals surface area (Å²) in [7, 11) is 0. The van der Waals surface area contributed by atoms with E-state index in [0.29, 0.717) is 0 Å². The minimum absolute atomic E-state index is 0. The Morgan fingerprint density at radius 3 is 1.25 bits per heavy atom. The van der Waals surface area contributed by atoms with E-state index in [2.05, 4.69) is 0 Å². The molecule has 0 rings (SSSR count). The molecule has 14 valence electrons. The molecule has 0 saturated heterocycles. The molecule has 0 amide bonds. The Kier molecular flexibility index (Phi) is 152. The predicted molar refractivity (Wildman–Crippen MR) is 9.09 cm³/mol. The van der Waals surface area contributed by atoms with Gasteiger partial charge in [-0.2, -0.15) is 0 Å². The van der Waals surface area contributed by atoms with E-state index in [1.807, 2.05) is 0 Å². The molecule has 0 radical (unpaired) electrons. The Bertz CT molecular complexity index is 14.9. The summed E-state index contributed by atoms with van der Waals surface area (Å²) in [6.45, 7) is 0. The van der Waals surface area contributed by atoms with Crippen LogP contribution in [-0.2, 0) is 0 Å². The van der Waals surface area contributed by atoms with E-state index in [0.717, 1.165) is 0 Å². The van der Waals surface area contributed by atoms with E-state index in [-0.39, 0.29) is 89.4 Å². The van der Waals surface area contributed by atoms with Crippen LogP contribution in [0, 0.1) is 0 Å². The van der Waals surface area contributed by atoms with Gasteiger partial charge < -0.3 is 8.98 Å². The fourth-order valence-electron chi connectivity index (χ4n) is 0. The van der Waals surface area contributed by atoms with Crippen LogP contribution >= 0.6 is 0 Å². The van der Waals surface area contributed by atoms with Crippen molar-refractivity contribution in [2.45, 2.75) is 0 Å². The van der Waals surface area contributed by atoms with Gasteiger partial charge in [-0.15, -0.1) is 0 Å². The minimum atomic E-state index is 0. The van der Waals surface area contributed by atoms with Gasteiger partial charge in [0.2, 0.25) is 0 Å². The molecule has 4 heavy (non-hydrogen) atoms. The second-order valence-corrected chi connectivity index (χ2v) is 0. The second-order valence-electron chi connectivity index (χ2n) is 0. The van der Waals surface area contributed by atoms with Gasteiger partial charge in [-0.05, 0) is 0 Å². The first-order valence-corrected chi connectivity index (χ1v) is 0. The quantitative estimate of drug-likeness (QED) is 0.252. The van der Waals surface area contributed by atoms with E-state index in [1.165, 1.54) is 0 Å². The Labute approximate surface area is 87.7 Å². The maximum atomic E-state index is 0. The van der Waals surface area contributed by atoms with Gasteiger partial charge in [0.15, 0.2) is 0 Å². The third-order valence-corrected chi connectivity index (χ3v) is 0. The zero-order valence-corrected chi connectivity index (χ0v) is 6.21. The maximum Gasteiger partial charge on any atom is 2.00 e. The summed E-state index contributed by atoms with van der Waals surface area (Å²) in [6, 6.07) is 0. The third kappa shape index (κ3) is 8.84. The molecule has 0 unspecified atom stereocenters. The Balaban J connectivity index is 0. The summed E-state index contributed by atoms with van der Waals surface area (Å²) in [5.41, 5.74) is 0. The molecule has 0 aromatic carbocycles. The van der Waals surface area contributed by atoms with Crippen LogP contribution < -0.4 is 74.9 Å². The summed E-state index contributed by atoms with van der Waals surface area (Å²) in [5.74, 6) is 0. The van der Waals surface area contributed by atoms with Crippen LogP contribution in [0.25, 0.3) is 0 Å². The largest absolute Gasteiger partial charge is 2.00 e. The molecular formula is H3BeFKLi. The molecule has 0 N–H and O–H groups in total. The van der Waals surface area contributed by atoms with E-state index in [4.69, 9.17) is 0 Å². The van der Waals surface area contributed by atoms with Crippen LogP contribution in [-0.4, -0.2) is 10.1 Å². The van der Waals surface area contributed by atoms with Crippen molar-refractivity contribution in [3.8, 4) is 0 Å². The smallest absolute Gasteiger partial charge is 1.00 e. The van der Waals surface area contributed by atoms with E-state index in [1.54, 1.807) is 0 Å². The van der Waals surface area contributed by atoms with Crippen LogP contribution in [0.5, 0.6) is 0 Å². The Hall–Kier alpha value is 2.33. The molecule has 0 aliphatic heterocycles. The molecular weight excluding hydrogens is 74.0 g/mol. The first-order chi connectivity index (χ1) is 0. The predicted octanol–water partition coefficient (Wildman–Crippen LogP) is -9.03. The van der Waals surface area contributed by atoms with Gasteiger partial charge >= 0.3 is 80.4 Å². The van der Waals surface area contributed by atoms with Crippen molar-refractivity contribution in [3.05, 3.63) is 0 Å². The number of halogens is 1. The summed E-state index contributed by atoms with van der Waals surface area (Å²) in [5, 5.41) is 0. The molecule has 0 atom stereocenters. The van der Waals surface area contributed by atoms with Gasteiger partial charge in [-0.25, -0.2) is 0 Å². The van der Waals surface area contributed by atoms with Crippen molar-refractivity contribution in [2.24, 2.45) is 0 Å². The van der Waals surface area contributed by atoms with Crippen LogP contribution in [0.3, 0.4) is 0 Å². The number of rotatable bonds is 0. The molecule has 0 fully saturated rings. The van der Waals surface area contributed by atoms with Gasteiger partial charge in [-0.3, -0.25) is 0 Å². The SMILES string of the molecule is [Be+2].[F-].[H-].[H-].[H-].[K+].[Li+]. The molecule has 4 heteroatoms. The monoisotopic (exact) mass is 77.0 g/mol. The van der Waals surface area contributed by atoms with Crippen molar-refractivity contribution in [2.75, 3.05) is 0 Å². The van der Waals surface area contributed by atoms with E-state index in [9.17, 15) is 0 Å². The first kappa shape index (κ1) is 33.1. The average Bonchev–Trinajstić information content (AvgIpc) is 0. The van der Waals surface area contributed by atoms with Gasteiger partial charge in [0, 0.05) is 0 Å². The second kappa shape index (κ2) is 18.4. The zero-order chi connectivity index (χ0) is 0. The van der Waals surface area contributed by atoms with Gasteiger partial charge in [0.1, 0.15) is 0 Å². The zero-order valence-electron chi connectivity index (χ0n) is 6.09. The van der Waals surface area contributed by atoms with Gasteiger partial charge in [0.05, 0.1) is 0 Å². The van der Waals surface area contributed by atoms with Crippen molar-refractivity contribution < 1.29 is 79.2 Å². The number of hydrogen-bond acceptors (Lipinski definition) is 0. The molecule has 0 spiro atoms. The molecule has 0 saturated carbocycles. The van der Waals surface area contributed by atoms with Crippen LogP contribution in [0.4, 0.5) is 0 Å². The van der Waals surface area contributed by atoms with Crippen molar-refractivity contribution >= 4 is 10.1 Å². The molecule has 0 aromatic rings. The standard InChI is InChI=1S/Be.FH.K.Li.3H/h;1H;;;;;/q+2;;2*+1;3*-1/p-1. The van der Waals surface area contributed by atoms with Crippen molar-refractivity contribution in [3.63, 3.8) is 0 Å². The third-order valence-electron chi connectivity index (χ3n) is 0. The normalized spacial score (nSPS) is 0. The molecule has 0 nitrogen and oxygen atoms in total. The summed E-state index contributed by atoms with van der Waals surface area (Å²) in [4.78, 5) is 0. The molecule has 0 aromatic heterocycles. The van der Waals surface area contributed by atoms with Crippen LogP contribution in [0.15, 0.2) is 0 Å². The Morgan fingerprint density at radius 1 is 1.25 bits per heavy atom. The molecule has 0 aliphatic rings. The molecule has 0 bridgehead atoms. The summed E-state index contributed by atoms with van der Waals surface area (Å²) >= 11 is 0. The molecule has 0 heterocycles. The fourth-order valence-corrected chi connectivity index (χ4v) is 0. The first-order valence-electron chi connectivity index (χ1n) is 0. The van der Waals surface area contributed by atoms with Crippen molar-refractivity contribution in [1.82, 2.24) is 0 Å². The van der Waals surface area contributed by atoms with Crippen LogP contribution in [0.2, 0.25) is 0 Å². The Morgan fingerprint density at radius 2 is 1.25 bits per heavy atom. The number of hydrogen-bond donors (Lipinski definition) is 0. The van der Waals surface area contributed by atoms with E-state index >= 15 is 0 Å². The van der Waals surface area contributed by atoms with E-state index < -0.39 is 0 Å². The average molecular weight is 77.1 g/mol. The topological polar surface area (TPSA) is 0 Å². The minimum Gasteiger partial charge on any atom is -1.00 e. The fraction of sp³-hybridized carbons (Fsp3) is 0. The summed E-state index contributed by atoms with van der Waals surface area (Å²) in [6.07, 6.45) is 0. The van der Waals surface area contributed by atoms with Gasteiger partial charge in [-0.1, -0.05) is 0 Å². The maximum absolute atomic E-state index is 0. The summed E-state index contributed by atoms with van der Waals surface area (Å²) < 4.78 is 0. The van der Waals surface area contributed by atoms with Crippen molar-refractivity contribution in [1.29, 1.82) is 0 Å².